The number of primary amides is 1. The summed E-state index contributed by atoms with van der Waals surface area (Å²) in [5.74, 6) is -0.752. The van der Waals surface area contributed by atoms with Gasteiger partial charge in [0.2, 0.25) is 0 Å². The van der Waals surface area contributed by atoms with Gasteiger partial charge in [-0.3, -0.25) is 27.5 Å². The van der Waals surface area contributed by atoms with E-state index in [1.54, 1.807) is 0 Å². The van der Waals surface area contributed by atoms with Crippen LogP contribution < -0.4 is 20.9 Å². The molecular weight excluding hydrogens is 699 g/mol. The molecule has 0 spiro atoms. The molecule has 6 heterocycles. The second-order valence-electron chi connectivity index (χ2n) is 10.3. The Hall–Kier alpha value is -2.82. The number of aliphatic hydroxyl groups is 2. The van der Waals surface area contributed by atoms with Gasteiger partial charge < -0.3 is 50.4 Å². The zero-order valence-corrected chi connectivity index (χ0v) is 26.1. The Kier molecular flexibility index (Phi) is 9.11. The highest BCUT2D eigenvalue weighted by molar-refractivity contribution is 7.60. The zero-order chi connectivity index (χ0) is 33.9. The Morgan fingerprint density at radius 3 is 2.57 bits per heavy atom. The van der Waals surface area contributed by atoms with Crippen LogP contribution in [0, 0.1) is 0 Å². The van der Waals surface area contributed by atoms with Crippen LogP contribution in [0.5, 0.6) is 0 Å². The average Bonchev–Trinajstić information content (AvgIpc) is 3.72. The highest BCUT2D eigenvalue weighted by atomic mass is 31.3. The van der Waals surface area contributed by atoms with E-state index in [0.29, 0.717) is 0 Å². The summed E-state index contributed by atoms with van der Waals surface area (Å²) in [5.41, 5.74) is 11.4. The van der Waals surface area contributed by atoms with E-state index < -0.39 is 91.7 Å². The molecule has 3 saturated heterocycles. The third-order valence-corrected chi connectivity index (χ3v) is 10.8. The monoisotopic (exact) mass is 725 g/mol. The number of hydrogen-bond acceptors (Lipinski definition) is 18. The minimum Gasteiger partial charge on any atom is -0.756 e. The van der Waals surface area contributed by atoms with E-state index in [1.807, 2.05) is 0 Å². The molecule has 3 aliphatic rings. The van der Waals surface area contributed by atoms with Crippen molar-refractivity contribution >= 4 is 46.4 Å². The van der Waals surface area contributed by atoms with Crippen molar-refractivity contribution in [3.05, 3.63) is 42.7 Å². The van der Waals surface area contributed by atoms with E-state index in [0.717, 1.165) is 6.33 Å². The Morgan fingerprint density at radius 2 is 1.83 bits per heavy atom. The Balaban J connectivity index is 1.08. The first-order chi connectivity index (χ1) is 22.0. The van der Waals surface area contributed by atoms with Crippen molar-refractivity contribution in [2.75, 3.05) is 18.9 Å². The summed E-state index contributed by atoms with van der Waals surface area (Å²) in [5, 5.41) is 20.8. The molecule has 3 aromatic rings. The molecular formula is C21H26N7O16P3. The van der Waals surface area contributed by atoms with Crippen LogP contribution in [-0.2, 0) is 45.6 Å². The molecule has 3 aromatic heterocycles. The zero-order valence-electron chi connectivity index (χ0n) is 23.4. The minimum absolute atomic E-state index is 0.0265. The Morgan fingerprint density at radius 1 is 1.11 bits per heavy atom. The van der Waals surface area contributed by atoms with Crippen molar-refractivity contribution in [3.63, 3.8) is 0 Å². The highest BCUT2D eigenvalue weighted by Gasteiger charge is 2.58. The van der Waals surface area contributed by atoms with Crippen molar-refractivity contribution in [3.8, 4) is 0 Å². The molecule has 1 amide bonds. The standard InChI is InChI=1S/C21H26N7O16P3/c22-17-12-19(25-7-24-17)28(8-26-12)21-16-15(42-47(36,37)43-16)11(41-21)6-39-46(34,35)44-45(32,33)38-5-10-13(29)14(30)20(40-10)27-3-1-2-9(4-27)18(23)31/h1-4,7-8,10-11,13-16,20-21,29-30H,5-6H2,(H6-,22,23,24,25,31,32,33,34,35,36,37)/t10-,11-,13-,14-,15-,16-,20-,21-/m1/s1. The lowest BCUT2D eigenvalue weighted by Crippen LogP contribution is -2.46. The van der Waals surface area contributed by atoms with Gasteiger partial charge in [-0.15, -0.1) is 0 Å². The largest absolute Gasteiger partial charge is 0.756 e. The van der Waals surface area contributed by atoms with E-state index in [2.05, 4.69) is 23.8 Å². The van der Waals surface area contributed by atoms with Crippen LogP contribution >= 0.6 is 23.5 Å². The number of fused-ring (bicyclic) bond motifs is 2. The molecule has 8 N–H and O–H groups in total. The van der Waals surface area contributed by atoms with Crippen LogP contribution in [0.15, 0.2) is 37.2 Å². The molecule has 256 valence electrons. The topological polar surface area (TPSA) is 336 Å². The maximum Gasteiger partial charge on any atom is 0.478 e. The molecule has 0 aromatic carbocycles. The molecule has 3 fully saturated rings. The molecule has 11 atom stereocenters. The van der Waals surface area contributed by atoms with Gasteiger partial charge in [-0.25, -0.2) is 28.4 Å². The number of rotatable bonds is 11. The normalized spacial score (nSPS) is 34.7. The third kappa shape index (κ3) is 7.01. The quantitative estimate of drug-likeness (QED) is 0.0879. The fraction of sp³-hybridized carbons (Fsp3) is 0.476. The number of phosphoric acid groups is 3. The summed E-state index contributed by atoms with van der Waals surface area (Å²) in [6, 6.07) is 2.81. The number of amides is 1. The molecule has 0 aliphatic carbocycles. The third-order valence-electron chi connectivity index (χ3n) is 7.20. The van der Waals surface area contributed by atoms with Gasteiger partial charge >= 0.3 is 15.6 Å². The van der Waals surface area contributed by atoms with Crippen LogP contribution in [0.1, 0.15) is 22.8 Å². The molecule has 6 rings (SSSR count). The van der Waals surface area contributed by atoms with E-state index in [-0.39, 0.29) is 22.5 Å². The van der Waals surface area contributed by atoms with Crippen molar-refractivity contribution in [1.29, 1.82) is 0 Å². The number of ether oxygens (including phenoxy) is 2. The van der Waals surface area contributed by atoms with Crippen LogP contribution in [0.3, 0.4) is 0 Å². The maximum absolute atomic E-state index is 12.5. The Labute approximate surface area is 262 Å². The minimum atomic E-state index is -5.68. The van der Waals surface area contributed by atoms with E-state index in [1.165, 1.54) is 40.0 Å². The second kappa shape index (κ2) is 12.6. The predicted molar refractivity (Wildman–Crippen MR) is 145 cm³/mol. The van der Waals surface area contributed by atoms with Gasteiger partial charge in [-0.2, -0.15) is 4.57 Å². The molecule has 47 heavy (non-hydrogen) atoms. The Bertz CT molecular complexity index is 1830. The molecule has 26 heteroatoms. The molecule has 0 radical (unpaired) electrons. The molecule has 3 aliphatic heterocycles. The van der Waals surface area contributed by atoms with Crippen LogP contribution in [0.25, 0.3) is 11.2 Å². The van der Waals surface area contributed by atoms with Gasteiger partial charge in [0.05, 0.1) is 19.5 Å². The van der Waals surface area contributed by atoms with Crippen LogP contribution in [0.2, 0.25) is 0 Å². The number of aliphatic hydroxyl groups excluding tert-OH is 2. The first-order valence-corrected chi connectivity index (χ1v) is 17.7. The number of anilines is 1. The number of phosphoric ester groups is 3. The van der Waals surface area contributed by atoms with Gasteiger partial charge in [0.1, 0.15) is 47.9 Å². The number of pyridine rings is 1. The first-order valence-electron chi connectivity index (χ1n) is 13.3. The highest BCUT2D eigenvalue weighted by Crippen LogP contribution is 2.61. The number of carbonyl (C=O) groups is 1. The van der Waals surface area contributed by atoms with Crippen molar-refractivity contribution in [2.24, 2.45) is 5.73 Å². The smallest absolute Gasteiger partial charge is 0.478 e. The summed E-state index contributed by atoms with van der Waals surface area (Å²) in [4.78, 5) is 55.9. The van der Waals surface area contributed by atoms with Gasteiger partial charge in [0.15, 0.2) is 36.2 Å². The fourth-order valence-corrected chi connectivity index (χ4v) is 8.31. The van der Waals surface area contributed by atoms with Gasteiger partial charge in [0, 0.05) is 6.07 Å². The molecule has 0 saturated carbocycles. The maximum atomic E-state index is 12.5. The van der Waals surface area contributed by atoms with E-state index in [9.17, 15) is 43.4 Å². The fourth-order valence-electron chi connectivity index (χ4n) is 5.11. The average molecular weight is 725 g/mol. The summed E-state index contributed by atoms with van der Waals surface area (Å²) in [6.45, 7) is -1.90. The molecule has 23 nitrogen and oxygen atoms in total. The lowest BCUT2D eigenvalue weighted by molar-refractivity contribution is -0.765. The number of nitrogens with zero attached hydrogens (tertiary/aromatic N) is 5. The molecule has 0 bridgehead atoms. The number of aromatic nitrogens is 5. The number of nitrogens with two attached hydrogens (primary N) is 2. The number of imidazole rings is 1. The second-order valence-corrected chi connectivity index (χ2v) is 14.7. The van der Waals surface area contributed by atoms with Crippen molar-refractivity contribution in [2.45, 2.75) is 49.1 Å². The lowest BCUT2D eigenvalue weighted by atomic mass is 10.1. The summed E-state index contributed by atoms with van der Waals surface area (Å²) in [7, 11) is -15.8. The number of nitrogen functional groups attached to an aromatic ring is 1. The van der Waals surface area contributed by atoms with Gasteiger partial charge in [-0.05, 0) is 6.07 Å². The first kappa shape index (κ1) is 34.1. The summed E-state index contributed by atoms with van der Waals surface area (Å²) < 4.78 is 74.8. The summed E-state index contributed by atoms with van der Waals surface area (Å²) in [6.07, 6.45) is -6.38. The van der Waals surface area contributed by atoms with E-state index >= 15 is 0 Å². The summed E-state index contributed by atoms with van der Waals surface area (Å²) >= 11 is 0. The lowest BCUT2D eigenvalue weighted by Gasteiger charge is -2.27. The van der Waals surface area contributed by atoms with Crippen molar-refractivity contribution < 1.29 is 79.8 Å². The van der Waals surface area contributed by atoms with Gasteiger partial charge in [0.25, 0.3) is 20.0 Å². The predicted octanol–water partition coefficient (Wildman–Crippen LogP) is -2.49. The molecule has 3 unspecified atom stereocenters. The van der Waals surface area contributed by atoms with Crippen LogP contribution in [-0.4, -0.2) is 95.3 Å². The SMILES string of the molecule is NC(=O)c1ccc[n+]([C@@H]2O[C@H](COP(=O)(O)OP(=O)([O-])OC[C@H]3O[C@@H](n4cnc5c(N)ncnc54)[C@@H]4OP(=O)(O)O[C@@H]43)[C@@H](O)[C@H]2O)c1. The van der Waals surface area contributed by atoms with Crippen LogP contribution in [0.4, 0.5) is 5.82 Å². The number of hydrogen-bond donors (Lipinski definition) is 6. The van der Waals surface area contributed by atoms with Gasteiger partial charge in [-0.1, -0.05) is 0 Å². The van der Waals surface area contributed by atoms with Crippen molar-refractivity contribution in [1.82, 2.24) is 19.5 Å². The van der Waals surface area contributed by atoms with E-state index in [4.69, 9.17) is 34.5 Å². The number of carbonyl (C=O) groups excluding carboxylic acids is 1.